The highest BCUT2D eigenvalue weighted by atomic mass is 16.6. The zero-order valence-electron chi connectivity index (χ0n) is 8.62. The van der Waals surface area contributed by atoms with Gasteiger partial charge in [-0.2, -0.15) is 0 Å². The number of rotatable bonds is 4. The predicted octanol–water partition coefficient (Wildman–Crippen LogP) is 3.29. The van der Waals surface area contributed by atoms with Crippen LogP contribution in [0, 0.1) is 0 Å². The van der Waals surface area contributed by atoms with Crippen LogP contribution in [0.5, 0.6) is 0 Å². The van der Waals surface area contributed by atoms with Crippen molar-refractivity contribution in [1.82, 2.24) is 0 Å². The highest BCUT2D eigenvalue weighted by Crippen LogP contribution is 2.15. The van der Waals surface area contributed by atoms with Crippen molar-refractivity contribution in [2.24, 2.45) is 5.16 Å². The largest absolute Gasteiger partial charge is 0.393 e. The molecule has 0 amide bonds. The average molecular weight is 181 g/mol. The smallest absolute Gasteiger partial charge is 0.124 e. The van der Waals surface area contributed by atoms with E-state index in [-0.39, 0.29) is 6.10 Å². The first kappa shape index (κ1) is 10.3. The summed E-state index contributed by atoms with van der Waals surface area (Å²) in [5.74, 6) is 0. The second-order valence-electron chi connectivity index (χ2n) is 3.58. The maximum atomic E-state index is 5.22. The topological polar surface area (TPSA) is 21.6 Å². The molecule has 0 saturated heterocycles. The Morgan fingerprint density at radius 3 is 3.08 bits per heavy atom. The van der Waals surface area contributed by atoms with Crippen LogP contribution < -0.4 is 0 Å². The van der Waals surface area contributed by atoms with Gasteiger partial charge in [0.2, 0.25) is 0 Å². The normalized spacial score (nSPS) is 20.0. The Labute approximate surface area is 80.7 Å². The van der Waals surface area contributed by atoms with Crippen molar-refractivity contribution in [3.05, 3.63) is 11.6 Å². The maximum Gasteiger partial charge on any atom is 0.124 e. The van der Waals surface area contributed by atoms with Gasteiger partial charge in [0.05, 0.1) is 6.21 Å². The summed E-state index contributed by atoms with van der Waals surface area (Å²) in [6.45, 7) is 4.13. The molecule has 0 aliphatic heterocycles. The Bertz CT molecular complexity index is 196. The van der Waals surface area contributed by atoms with E-state index in [9.17, 15) is 0 Å². The molecule has 1 aliphatic rings. The van der Waals surface area contributed by atoms with Gasteiger partial charge >= 0.3 is 0 Å². The van der Waals surface area contributed by atoms with Gasteiger partial charge in [0.15, 0.2) is 0 Å². The second-order valence-corrected chi connectivity index (χ2v) is 3.58. The molecule has 1 aliphatic carbocycles. The highest BCUT2D eigenvalue weighted by Gasteiger charge is 2.01. The molecule has 0 spiro atoms. The Morgan fingerprint density at radius 2 is 2.46 bits per heavy atom. The van der Waals surface area contributed by atoms with Crippen molar-refractivity contribution in [1.29, 1.82) is 0 Å². The van der Waals surface area contributed by atoms with Gasteiger partial charge in [0, 0.05) is 0 Å². The molecule has 0 N–H and O–H groups in total. The quantitative estimate of drug-likeness (QED) is 0.481. The van der Waals surface area contributed by atoms with Gasteiger partial charge < -0.3 is 4.84 Å². The van der Waals surface area contributed by atoms with Gasteiger partial charge in [0.1, 0.15) is 6.10 Å². The van der Waals surface area contributed by atoms with E-state index in [0.29, 0.717) is 0 Å². The van der Waals surface area contributed by atoms with Gasteiger partial charge in [-0.25, -0.2) is 0 Å². The van der Waals surface area contributed by atoms with E-state index >= 15 is 0 Å². The molecule has 13 heavy (non-hydrogen) atoms. The molecule has 0 fully saturated rings. The average Bonchev–Trinajstić information content (AvgIpc) is 2.19. The molecule has 0 aromatic carbocycles. The molecular weight excluding hydrogens is 162 g/mol. The number of allylic oxidation sites excluding steroid dienone is 2. The van der Waals surface area contributed by atoms with E-state index in [1.54, 1.807) is 0 Å². The molecule has 2 nitrogen and oxygen atoms in total. The van der Waals surface area contributed by atoms with Gasteiger partial charge in [-0.15, -0.1) is 0 Å². The monoisotopic (exact) mass is 181 g/mol. The van der Waals surface area contributed by atoms with Crippen LogP contribution in [0.1, 0.15) is 46.0 Å². The number of hydrogen-bond donors (Lipinski definition) is 0. The van der Waals surface area contributed by atoms with Crippen LogP contribution in [0.3, 0.4) is 0 Å². The standard InChI is InChI=1S/C11H19NO/c1-3-10(2)13-12-9-11-7-5-4-6-8-11/h7,9-10H,3-6,8H2,1-2H3. The molecule has 0 saturated carbocycles. The molecule has 0 bridgehead atoms. The molecule has 2 heteroatoms. The molecule has 1 unspecified atom stereocenters. The second kappa shape index (κ2) is 5.79. The summed E-state index contributed by atoms with van der Waals surface area (Å²) in [6, 6.07) is 0. The summed E-state index contributed by atoms with van der Waals surface area (Å²) in [5, 5.41) is 3.97. The molecule has 0 aromatic heterocycles. The lowest BCUT2D eigenvalue weighted by Crippen LogP contribution is -2.02. The van der Waals surface area contributed by atoms with Crippen molar-refractivity contribution < 1.29 is 4.84 Å². The third-order valence-corrected chi connectivity index (χ3v) is 2.36. The summed E-state index contributed by atoms with van der Waals surface area (Å²) in [7, 11) is 0. The Morgan fingerprint density at radius 1 is 1.62 bits per heavy atom. The van der Waals surface area contributed by atoms with E-state index in [2.05, 4.69) is 18.2 Å². The van der Waals surface area contributed by atoms with Crippen molar-refractivity contribution in [3.63, 3.8) is 0 Å². The summed E-state index contributed by atoms with van der Waals surface area (Å²) in [6.07, 6.45) is 10.3. The van der Waals surface area contributed by atoms with Gasteiger partial charge in [0.25, 0.3) is 0 Å². The van der Waals surface area contributed by atoms with E-state index in [0.717, 1.165) is 12.8 Å². The lowest BCUT2D eigenvalue weighted by molar-refractivity contribution is 0.0711. The first-order chi connectivity index (χ1) is 6.33. The van der Waals surface area contributed by atoms with Crippen LogP contribution >= 0.6 is 0 Å². The highest BCUT2D eigenvalue weighted by molar-refractivity contribution is 5.78. The summed E-state index contributed by atoms with van der Waals surface area (Å²) < 4.78 is 0. The van der Waals surface area contributed by atoms with Crippen molar-refractivity contribution in [2.75, 3.05) is 0 Å². The van der Waals surface area contributed by atoms with Crippen molar-refractivity contribution in [2.45, 2.75) is 52.1 Å². The van der Waals surface area contributed by atoms with Crippen molar-refractivity contribution >= 4 is 6.21 Å². The Balaban J connectivity index is 2.26. The Hall–Kier alpha value is -0.790. The van der Waals surface area contributed by atoms with Gasteiger partial charge in [-0.1, -0.05) is 18.2 Å². The number of hydrogen-bond acceptors (Lipinski definition) is 2. The number of oxime groups is 1. The zero-order valence-corrected chi connectivity index (χ0v) is 8.62. The minimum Gasteiger partial charge on any atom is -0.393 e. The minimum absolute atomic E-state index is 0.237. The van der Waals surface area contributed by atoms with Crippen LogP contribution in [0.2, 0.25) is 0 Å². The lowest BCUT2D eigenvalue weighted by atomic mass is 10.0. The third kappa shape index (κ3) is 4.11. The fourth-order valence-corrected chi connectivity index (χ4v) is 1.26. The molecule has 74 valence electrons. The summed E-state index contributed by atoms with van der Waals surface area (Å²) in [5.41, 5.74) is 1.33. The van der Waals surface area contributed by atoms with Crippen LogP contribution in [-0.4, -0.2) is 12.3 Å². The van der Waals surface area contributed by atoms with Crippen LogP contribution in [0.15, 0.2) is 16.8 Å². The van der Waals surface area contributed by atoms with Gasteiger partial charge in [-0.3, -0.25) is 0 Å². The van der Waals surface area contributed by atoms with E-state index in [1.165, 1.54) is 24.8 Å². The van der Waals surface area contributed by atoms with Crippen LogP contribution in [-0.2, 0) is 4.84 Å². The molecule has 1 atom stereocenters. The molecule has 1 rings (SSSR count). The van der Waals surface area contributed by atoms with E-state index in [4.69, 9.17) is 4.84 Å². The van der Waals surface area contributed by atoms with E-state index < -0.39 is 0 Å². The first-order valence-electron chi connectivity index (χ1n) is 5.21. The third-order valence-electron chi connectivity index (χ3n) is 2.36. The zero-order chi connectivity index (χ0) is 9.52. The predicted molar refractivity (Wildman–Crippen MR) is 55.9 cm³/mol. The minimum atomic E-state index is 0.237. The maximum absolute atomic E-state index is 5.22. The fourth-order valence-electron chi connectivity index (χ4n) is 1.26. The SMILES string of the molecule is CCC(C)ON=CC1=CCCCC1. The van der Waals surface area contributed by atoms with Crippen LogP contribution in [0.4, 0.5) is 0 Å². The molecule has 0 aromatic rings. The Kier molecular flexibility index (Phi) is 4.58. The van der Waals surface area contributed by atoms with Crippen molar-refractivity contribution in [3.8, 4) is 0 Å². The summed E-state index contributed by atoms with van der Waals surface area (Å²) >= 11 is 0. The van der Waals surface area contributed by atoms with Crippen LogP contribution in [0.25, 0.3) is 0 Å². The summed E-state index contributed by atoms with van der Waals surface area (Å²) in [4.78, 5) is 5.22. The molecule has 0 heterocycles. The van der Waals surface area contributed by atoms with Gasteiger partial charge in [-0.05, 0) is 44.6 Å². The molecular formula is C11H19NO. The number of nitrogens with zero attached hydrogens (tertiary/aromatic N) is 1. The van der Waals surface area contributed by atoms with E-state index in [1.807, 2.05) is 13.1 Å². The first-order valence-corrected chi connectivity index (χ1v) is 5.21. The molecule has 0 radical (unpaired) electrons. The fraction of sp³-hybridized carbons (Fsp3) is 0.727. The lowest BCUT2D eigenvalue weighted by Gasteiger charge is -2.08.